The molecule has 4 aliphatic carbocycles. The van der Waals surface area contributed by atoms with Gasteiger partial charge in [0.25, 0.3) is 0 Å². The van der Waals surface area contributed by atoms with Crippen molar-refractivity contribution in [3.63, 3.8) is 0 Å². The fourth-order valence-electron chi connectivity index (χ4n) is 13.1. The van der Waals surface area contributed by atoms with Crippen molar-refractivity contribution in [2.75, 3.05) is 13.2 Å². The lowest BCUT2D eigenvalue weighted by Crippen LogP contribution is -2.69. The van der Waals surface area contributed by atoms with E-state index in [1.807, 2.05) is 0 Å². The molecular formula is C43H74O13. The van der Waals surface area contributed by atoms with E-state index in [0.717, 1.165) is 38.5 Å². The molecule has 13 heteroatoms. The second-order valence-corrected chi connectivity index (χ2v) is 19.6. The van der Waals surface area contributed by atoms with Crippen molar-refractivity contribution < 1.29 is 64.9 Å². The van der Waals surface area contributed by atoms with Crippen LogP contribution in [0, 0.1) is 45.3 Å². The van der Waals surface area contributed by atoms with Crippen LogP contribution in [0.2, 0.25) is 0 Å². The summed E-state index contributed by atoms with van der Waals surface area (Å²) in [5, 5.41) is 97.6. The zero-order valence-corrected chi connectivity index (χ0v) is 33.8. The maximum absolute atomic E-state index is 12.2. The van der Waals surface area contributed by atoms with Gasteiger partial charge in [0.1, 0.15) is 48.8 Å². The number of hydrogen-bond donors (Lipinski definition) is 9. The molecule has 324 valence electrons. The summed E-state index contributed by atoms with van der Waals surface area (Å²) in [6.45, 7) is 18.6. The van der Waals surface area contributed by atoms with E-state index in [0.29, 0.717) is 12.8 Å². The van der Waals surface area contributed by atoms with Crippen molar-refractivity contribution in [2.24, 2.45) is 45.3 Å². The van der Waals surface area contributed by atoms with E-state index in [1.165, 1.54) is 11.1 Å². The molecule has 7 unspecified atom stereocenters. The zero-order valence-electron chi connectivity index (χ0n) is 33.8. The molecule has 0 radical (unpaired) electrons. The van der Waals surface area contributed by atoms with E-state index in [2.05, 4.69) is 61.1 Å². The normalized spacial score (nSPS) is 51.2. The first-order chi connectivity index (χ1) is 25.7. The van der Waals surface area contributed by atoms with Gasteiger partial charge in [-0.15, -0.1) is 0 Å². The van der Waals surface area contributed by atoms with Gasteiger partial charge in [0.15, 0.2) is 12.6 Å². The first-order valence-corrected chi connectivity index (χ1v) is 20.6. The van der Waals surface area contributed by atoms with E-state index in [9.17, 15) is 46.0 Å². The number of hydrogen-bond acceptors (Lipinski definition) is 13. The van der Waals surface area contributed by atoms with Gasteiger partial charge in [-0.2, -0.15) is 0 Å². The molecule has 20 atom stereocenters. The number of allylic oxidation sites excluding steroid dienone is 3. The molecular weight excluding hydrogens is 724 g/mol. The van der Waals surface area contributed by atoms with Crippen LogP contribution in [0.1, 0.15) is 107 Å². The summed E-state index contributed by atoms with van der Waals surface area (Å²) >= 11 is 0. The van der Waals surface area contributed by atoms with E-state index >= 15 is 0 Å². The summed E-state index contributed by atoms with van der Waals surface area (Å²) in [6, 6.07) is 0. The standard InChI is InChI=1S/C42H70O13.CH4/c1-20(2)10-9-11-21(3)22-12-14-42(8)29(22)23(45)16-28-40(6)17-24(46)36(39(4,5)27(40)13-15-41(28,42)7)55-38-35(33(50)31(48)26(19-44)53-38)54-37-34(51)32(49)30(47)25(18-43)52-37;/h10,22-38,43-51H,3,9,11-19H2,1-2,4-8H3;1H4/t22-,23-,24-,25?,26?,27?,28?,29?,30-,31-,32+,33+,34+,35+,36+,37?,38?,40+,41-,42-;/m1./s1. The Balaban J connectivity index is 0.00000600. The average molecular weight is 799 g/mol. The van der Waals surface area contributed by atoms with Gasteiger partial charge in [0.2, 0.25) is 0 Å². The molecule has 4 saturated carbocycles. The Morgan fingerprint density at radius 1 is 0.732 bits per heavy atom. The van der Waals surface area contributed by atoms with Gasteiger partial charge in [0, 0.05) is 0 Å². The molecule has 6 rings (SSSR count). The predicted octanol–water partition coefficient (Wildman–Crippen LogP) is 2.56. The molecule has 6 fully saturated rings. The Morgan fingerprint density at radius 2 is 1.32 bits per heavy atom. The highest BCUT2D eigenvalue weighted by Gasteiger charge is 2.71. The minimum Gasteiger partial charge on any atom is -0.394 e. The first kappa shape index (κ1) is 46.0. The lowest BCUT2D eigenvalue weighted by molar-refractivity contribution is -0.383. The van der Waals surface area contributed by atoms with Gasteiger partial charge in [-0.1, -0.05) is 65.8 Å². The number of aliphatic hydroxyl groups excluding tert-OH is 9. The topological polar surface area (TPSA) is 219 Å². The molecule has 0 aromatic rings. The number of ether oxygens (including phenoxy) is 4. The van der Waals surface area contributed by atoms with Gasteiger partial charge in [0.05, 0.1) is 31.5 Å². The third kappa shape index (κ3) is 7.40. The molecule has 0 spiro atoms. The van der Waals surface area contributed by atoms with Crippen molar-refractivity contribution in [2.45, 2.75) is 187 Å². The summed E-state index contributed by atoms with van der Waals surface area (Å²) in [6.07, 6.45) is -9.14. The van der Waals surface area contributed by atoms with E-state index in [1.54, 1.807) is 0 Å². The Kier molecular flexibility index (Phi) is 13.8. The third-order valence-electron chi connectivity index (χ3n) is 16.1. The van der Waals surface area contributed by atoms with Crippen LogP contribution in [0.3, 0.4) is 0 Å². The highest BCUT2D eigenvalue weighted by atomic mass is 16.8. The minimum absolute atomic E-state index is 0. The Bertz CT molecular complexity index is 1400. The van der Waals surface area contributed by atoms with Crippen molar-refractivity contribution in [3.8, 4) is 0 Å². The summed E-state index contributed by atoms with van der Waals surface area (Å²) in [4.78, 5) is 0. The molecule has 6 aliphatic rings. The van der Waals surface area contributed by atoms with Gasteiger partial charge in [-0.3, -0.25) is 0 Å². The lowest BCUT2D eigenvalue weighted by Gasteiger charge is -2.71. The number of aliphatic hydroxyl groups is 9. The van der Waals surface area contributed by atoms with Gasteiger partial charge in [-0.05, 0) is 111 Å². The summed E-state index contributed by atoms with van der Waals surface area (Å²) in [7, 11) is 0. The van der Waals surface area contributed by atoms with Crippen LogP contribution in [0.15, 0.2) is 23.8 Å². The fraction of sp³-hybridized carbons (Fsp3) is 0.907. The third-order valence-corrected chi connectivity index (χ3v) is 16.1. The molecule has 2 heterocycles. The van der Waals surface area contributed by atoms with Crippen LogP contribution in [0.4, 0.5) is 0 Å². The maximum atomic E-state index is 12.2. The molecule has 56 heavy (non-hydrogen) atoms. The quantitative estimate of drug-likeness (QED) is 0.115. The van der Waals surface area contributed by atoms with Crippen molar-refractivity contribution >= 4 is 0 Å². The van der Waals surface area contributed by atoms with Crippen LogP contribution in [-0.2, 0) is 18.9 Å². The second kappa shape index (κ2) is 16.8. The minimum atomic E-state index is -1.80. The van der Waals surface area contributed by atoms with Gasteiger partial charge < -0.3 is 64.9 Å². The molecule has 2 saturated heterocycles. The number of rotatable bonds is 10. The van der Waals surface area contributed by atoms with Crippen molar-refractivity contribution in [3.05, 3.63) is 23.8 Å². The van der Waals surface area contributed by atoms with Gasteiger partial charge >= 0.3 is 0 Å². The zero-order chi connectivity index (χ0) is 40.6. The SMILES string of the molecule is C.C=C(CCC=C(C)C)[C@H]1CC[C@]2(C)C1[C@H](O)CC1[C@@]3(C)C[C@@H](O)[C@H](OC4OC(CO)[C@@H](O)[C@H](O)[C@@H]4OC4OC(CO)[C@@H](O)[C@H](O)[C@@H]4O)C(C)(C)C3CC[C@]12C. The summed E-state index contributed by atoms with van der Waals surface area (Å²) in [5.74, 6) is 0.556. The molecule has 13 nitrogen and oxygen atoms in total. The van der Waals surface area contributed by atoms with Crippen molar-refractivity contribution in [1.82, 2.24) is 0 Å². The Morgan fingerprint density at radius 3 is 1.93 bits per heavy atom. The molecule has 0 bridgehead atoms. The van der Waals surface area contributed by atoms with Crippen LogP contribution in [0.5, 0.6) is 0 Å². The lowest BCUT2D eigenvalue weighted by atomic mass is 9.35. The molecule has 0 aromatic carbocycles. The smallest absolute Gasteiger partial charge is 0.187 e. The first-order valence-electron chi connectivity index (χ1n) is 20.6. The number of fused-ring (bicyclic) bond motifs is 5. The molecule has 0 aromatic heterocycles. The van der Waals surface area contributed by atoms with E-state index in [-0.39, 0.29) is 47.3 Å². The highest BCUT2D eigenvalue weighted by Crippen LogP contribution is 2.75. The van der Waals surface area contributed by atoms with E-state index in [4.69, 9.17) is 18.9 Å². The highest BCUT2D eigenvalue weighted by molar-refractivity contribution is 5.23. The second-order valence-electron chi connectivity index (χ2n) is 19.6. The maximum Gasteiger partial charge on any atom is 0.187 e. The van der Waals surface area contributed by atoms with Crippen LogP contribution >= 0.6 is 0 Å². The molecule has 0 amide bonds. The van der Waals surface area contributed by atoms with Crippen LogP contribution in [-0.4, -0.2) is 139 Å². The van der Waals surface area contributed by atoms with Gasteiger partial charge in [-0.25, -0.2) is 0 Å². The van der Waals surface area contributed by atoms with Crippen LogP contribution < -0.4 is 0 Å². The Labute approximate surface area is 333 Å². The largest absolute Gasteiger partial charge is 0.394 e. The monoisotopic (exact) mass is 799 g/mol. The summed E-state index contributed by atoms with van der Waals surface area (Å²) in [5.41, 5.74) is 1.28. The van der Waals surface area contributed by atoms with Crippen LogP contribution in [0.25, 0.3) is 0 Å². The van der Waals surface area contributed by atoms with Crippen molar-refractivity contribution in [1.29, 1.82) is 0 Å². The summed E-state index contributed by atoms with van der Waals surface area (Å²) < 4.78 is 24.1. The predicted molar refractivity (Wildman–Crippen MR) is 208 cm³/mol. The van der Waals surface area contributed by atoms with E-state index < -0.39 is 98.4 Å². The molecule has 9 N–H and O–H groups in total. The molecule has 2 aliphatic heterocycles. The average Bonchev–Trinajstić information content (AvgIpc) is 3.49. The Hall–Kier alpha value is -1.04. The fourth-order valence-corrected chi connectivity index (χ4v) is 13.1.